The van der Waals surface area contributed by atoms with E-state index in [0.29, 0.717) is 16.3 Å². The summed E-state index contributed by atoms with van der Waals surface area (Å²) in [5, 5.41) is 2.53. The summed E-state index contributed by atoms with van der Waals surface area (Å²) in [5.74, 6) is 0.0941. The third-order valence-electron chi connectivity index (χ3n) is 3.34. The third kappa shape index (κ3) is 3.31. The van der Waals surface area contributed by atoms with Gasteiger partial charge in [0, 0.05) is 6.42 Å². The molecule has 0 saturated carbocycles. The summed E-state index contributed by atoms with van der Waals surface area (Å²) in [6, 6.07) is 8.27. The SMILES string of the molecule is Cc1csc(C(=O)Cc2ccc(C(C)(C)C)cc2)c1Cl. The Morgan fingerprint density at radius 3 is 2.25 bits per heavy atom. The molecule has 0 N–H and O–H groups in total. The number of aryl methyl sites for hydroxylation is 1. The quantitative estimate of drug-likeness (QED) is 0.691. The molecule has 0 unspecified atom stereocenters. The molecule has 2 aromatic rings. The van der Waals surface area contributed by atoms with Gasteiger partial charge in [0.2, 0.25) is 0 Å². The van der Waals surface area contributed by atoms with Gasteiger partial charge in [0.05, 0.1) is 9.90 Å². The number of rotatable bonds is 3. The van der Waals surface area contributed by atoms with Crippen LogP contribution in [-0.2, 0) is 11.8 Å². The molecule has 0 fully saturated rings. The Morgan fingerprint density at radius 1 is 1.20 bits per heavy atom. The molecule has 0 aliphatic carbocycles. The van der Waals surface area contributed by atoms with Crippen molar-refractivity contribution in [2.45, 2.75) is 39.5 Å². The van der Waals surface area contributed by atoms with Gasteiger partial charge in [0.1, 0.15) is 0 Å². The molecule has 0 spiro atoms. The van der Waals surface area contributed by atoms with Crippen LogP contribution in [0.1, 0.15) is 47.1 Å². The minimum atomic E-state index is 0.0941. The first-order valence-electron chi connectivity index (χ1n) is 6.65. The zero-order chi connectivity index (χ0) is 14.9. The van der Waals surface area contributed by atoms with Gasteiger partial charge in [0.25, 0.3) is 0 Å². The number of carbonyl (C=O) groups excluding carboxylic acids is 1. The highest BCUT2D eigenvalue weighted by molar-refractivity contribution is 7.13. The Bertz CT molecular complexity index is 617. The van der Waals surface area contributed by atoms with Crippen molar-refractivity contribution in [3.63, 3.8) is 0 Å². The van der Waals surface area contributed by atoms with Crippen LogP contribution in [0.2, 0.25) is 5.02 Å². The lowest BCUT2D eigenvalue weighted by molar-refractivity contribution is 0.0997. The van der Waals surface area contributed by atoms with Crippen LogP contribution in [0.5, 0.6) is 0 Å². The predicted octanol–water partition coefficient (Wildman–Crippen LogP) is 5.43. The molecule has 0 saturated heterocycles. The van der Waals surface area contributed by atoms with E-state index in [1.165, 1.54) is 16.9 Å². The highest BCUT2D eigenvalue weighted by Crippen LogP contribution is 2.28. The number of benzene rings is 1. The van der Waals surface area contributed by atoms with Gasteiger partial charge in [-0.2, -0.15) is 0 Å². The molecule has 0 amide bonds. The van der Waals surface area contributed by atoms with Crippen molar-refractivity contribution in [1.82, 2.24) is 0 Å². The summed E-state index contributed by atoms with van der Waals surface area (Å²) < 4.78 is 0. The van der Waals surface area contributed by atoms with Crippen LogP contribution >= 0.6 is 22.9 Å². The fraction of sp³-hybridized carbons (Fsp3) is 0.353. The molecule has 106 valence electrons. The summed E-state index contributed by atoms with van der Waals surface area (Å²) >= 11 is 7.57. The summed E-state index contributed by atoms with van der Waals surface area (Å²) in [4.78, 5) is 12.9. The van der Waals surface area contributed by atoms with E-state index in [0.717, 1.165) is 11.1 Å². The largest absolute Gasteiger partial charge is 0.293 e. The van der Waals surface area contributed by atoms with E-state index in [1.807, 2.05) is 24.4 Å². The van der Waals surface area contributed by atoms with Gasteiger partial charge in [-0.05, 0) is 34.4 Å². The van der Waals surface area contributed by atoms with Crippen LogP contribution in [0.3, 0.4) is 0 Å². The zero-order valence-electron chi connectivity index (χ0n) is 12.3. The number of ketones is 1. The highest BCUT2D eigenvalue weighted by Gasteiger charge is 2.16. The van der Waals surface area contributed by atoms with Gasteiger partial charge >= 0.3 is 0 Å². The van der Waals surface area contributed by atoms with Crippen LogP contribution in [0.4, 0.5) is 0 Å². The number of halogens is 1. The van der Waals surface area contributed by atoms with Gasteiger partial charge < -0.3 is 0 Å². The maximum Gasteiger partial charge on any atom is 0.178 e. The number of hydrogen-bond donors (Lipinski definition) is 0. The average Bonchev–Trinajstić information content (AvgIpc) is 2.69. The maximum absolute atomic E-state index is 12.3. The number of Topliss-reactive ketones (excluding diaryl/α,β-unsaturated/α-hetero) is 1. The monoisotopic (exact) mass is 306 g/mol. The van der Waals surface area contributed by atoms with Gasteiger partial charge in [-0.15, -0.1) is 11.3 Å². The molecule has 3 heteroatoms. The van der Waals surface area contributed by atoms with Crippen molar-refractivity contribution in [2.75, 3.05) is 0 Å². The number of thiophene rings is 1. The molecule has 1 nitrogen and oxygen atoms in total. The first kappa shape index (κ1) is 15.3. The molecule has 1 aromatic carbocycles. The van der Waals surface area contributed by atoms with Crippen molar-refractivity contribution >= 4 is 28.7 Å². The summed E-state index contributed by atoms with van der Waals surface area (Å²) in [6.45, 7) is 8.47. The third-order valence-corrected chi connectivity index (χ3v) is 5.08. The fourth-order valence-corrected chi connectivity index (χ4v) is 3.25. The van der Waals surface area contributed by atoms with Crippen LogP contribution < -0.4 is 0 Å². The molecule has 20 heavy (non-hydrogen) atoms. The first-order chi connectivity index (χ1) is 9.29. The molecule has 2 rings (SSSR count). The van der Waals surface area contributed by atoms with E-state index in [4.69, 9.17) is 11.6 Å². The number of carbonyl (C=O) groups is 1. The molecule has 1 heterocycles. The van der Waals surface area contributed by atoms with E-state index >= 15 is 0 Å². The van der Waals surface area contributed by atoms with Crippen molar-refractivity contribution < 1.29 is 4.79 Å². The second kappa shape index (κ2) is 5.71. The molecule has 0 radical (unpaired) electrons. The topological polar surface area (TPSA) is 17.1 Å². The minimum absolute atomic E-state index is 0.0941. The molecule has 0 aliphatic heterocycles. The zero-order valence-corrected chi connectivity index (χ0v) is 13.9. The van der Waals surface area contributed by atoms with Gasteiger partial charge in [-0.25, -0.2) is 0 Å². The van der Waals surface area contributed by atoms with Gasteiger partial charge in [-0.1, -0.05) is 56.6 Å². The van der Waals surface area contributed by atoms with Crippen molar-refractivity contribution in [1.29, 1.82) is 0 Å². The van der Waals surface area contributed by atoms with E-state index in [1.54, 1.807) is 0 Å². The van der Waals surface area contributed by atoms with Crippen LogP contribution in [-0.4, -0.2) is 5.78 Å². The smallest absolute Gasteiger partial charge is 0.178 e. The Kier molecular flexibility index (Phi) is 4.36. The van der Waals surface area contributed by atoms with Crippen LogP contribution in [0, 0.1) is 6.92 Å². The predicted molar refractivity (Wildman–Crippen MR) is 87.2 cm³/mol. The fourth-order valence-electron chi connectivity index (χ4n) is 2.01. The molecule has 0 bridgehead atoms. The van der Waals surface area contributed by atoms with Gasteiger partial charge in [-0.3, -0.25) is 4.79 Å². The molecule has 1 aromatic heterocycles. The second-order valence-electron chi connectivity index (χ2n) is 6.11. The molecular formula is C17H19ClOS. The van der Waals surface area contributed by atoms with E-state index in [-0.39, 0.29) is 11.2 Å². The average molecular weight is 307 g/mol. The van der Waals surface area contributed by atoms with E-state index in [9.17, 15) is 4.79 Å². The standard InChI is InChI=1S/C17H19ClOS/c1-11-10-20-16(15(11)18)14(19)9-12-5-7-13(8-6-12)17(2,3)4/h5-8,10H,9H2,1-4H3. The van der Waals surface area contributed by atoms with E-state index in [2.05, 4.69) is 32.9 Å². The van der Waals surface area contributed by atoms with Crippen LogP contribution in [0.25, 0.3) is 0 Å². The van der Waals surface area contributed by atoms with Crippen molar-refractivity contribution in [3.8, 4) is 0 Å². The van der Waals surface area contributed by atoms with Crippen molar-refractivity contribution in [3.05, 3.63) is 56.2 Å². The van der Waals surface area contributed by atoms with Gasteiger partial charge in [0.15, 0.2) is 5.78 Å². The van der Waals surface area contributed by atoms with E-state index < -0.39 is 0 Å². The lowest BCUT2D eigenvalue weighted by Crippen LogP contribution is -2.11. The Balaban J connectivity index is 2.15. The lowest BCUT2D eigenvalue weighted by Gasteiger charge is -2.19. The molecular weight excluding hydrogens is 288 g/mol. The Hall–Kier alpha value is -1.12. The second-order valence-corrected chi connectivity index (χ2v) is 7.37. The summed E-state index contributed by atoms with van der Waals surface area (Å²) in [7, 11) is 0. The summed E-state index contributed by atoms with van der Waals surface area (Å²) in [5.41, 5.74) is 3.42. The minimum Gasteiger partial charge on any atom is -0.293 e. The normalized spacial score (nSPS) is 11.7. The molecule has 0 atom stereocenters. The Labute approximate surface area is 129 Å². The molecule has 0 aliphatic rings. The van der Waals surface area contributed by atoms with Crippen molar-refractivity contribution in [2.24, 2.45) is 0 Å². The maximum atomic E-state index is 12.3. The Morgan fingerprint density at radius 2 is 1.80 bits per heavy atom. The van der Waals surface area contributed by atoms with Crippen LogP contribution in [0.15, 0.2) is 29.6 Å². The summed E-state index contributed by atoms with van der Waals surface area (Å²) in [6.07, 6.45) is 0.407. The first-order valence-corrected chi connectivity index (χ1v) is 7.91. The lowest BCUT2D eigenvalue weighted by atomic mass is 9.86. The number of hydrogen-bond acceptors (Lipinski definition) is 2. The highest BCUT2D eigenvalue weighted by atomic mass is 35.5.